The van der Waals surface area contributed by atoms with Crippen molar-refractivity contribution in [2.45, 2.75) is 0 Å². The first-order chi connectivity index (χ1) is 27.7. The van der Waals surface area contributed by atoms with Gasteiger partial charge >= 0.3 is 0 Å². The topological polar surface area (TPSA) is 38.7 Å². The fraction of sp³-hybridized carbons (Fsp3) is 0. The van der Waals surface area contributed by atoms with Crippen LogP contribution in [0.15, 0.2) is 176 Å². The van der Waals surface area contributed by atoms with Crippen LogP contribution in [0.25, 0.3) is 118 Å². The Labute approximate surface area is 329 Å². The first-order valence-corrected chi connectivity index (χ1v) is 20.4. The molecule has 0 radical (unpaired) electrons. The highest BCUT2D eigenvalue weighted by Crippen LogP contribution is 2.45. The van der Waals surface area contributed by atoms with Crippen molar-refractivity contribution in [1.82, 2.24) is 15.0 Å². The number of thiophene rings is 2. The molecule has 56 heavy (non-hydrogen) atoms. The van der Waals surface area contributed by atoms with Gasteiger partial charge in [-0.05, 0) is 79.8 Å². The zero-order valence-electron chi connectivity index (χ0n) is 29.9. The average molecular weight is 748 g/mol. The van der Waals surface area contributed by atoms with Crippen molar-refractivity contribution >= 4 is 95.3 Å². The largest absolute Gasteiger partial charge is 0.208 e. The van der Waals surface area contributed by atoms with Gasteiger partial charge in [0.2, 0.25) is 0 Å². The Balaban J connectivity index is 1.14. The molecule has 0 aliphatic heterocycles. The number of rotatable bonds is 4. The van der Waals surface area contributed by atoms with E-state index in [1.54, 1.807) is 11.3 Å². The van der Waals surface area contributed by atoms with E-state index in [0.717, 1.165) is 16.7 Å². The minimum atomic E-state index is 0.656. The maximum atomic E-state index is 5.34. The molecule has 0 fully saturated rings. The normalized spacial score (nSPS) is 11.9. The summed E-state index contributed by atoms with van der Waals surface area (Å²) in [5.74, 6) is 1.98. The van der Waals surface area contributed by atoms with E-state index in [1.165, 1.54) is 83.8 Å². The van der Waals surface area contributed by atoms with Crippen molar-refractivity contribution in [1.29, 1.82) is 0 Å². The van der Waals surface area contributed by atoms with Gasteiger partial charge in [-0.15, -0.1) is 22.7 Å². The highest BCUT2D eigenvalue weighted by Gasteiger charge is 2.20. The Hall–Kier alpha value is -6.79. The Kier molecular flexibility index (Phi) is 6.97. The van der Waals surface area contributed by atoms with Crippen molar-refractivity contribution in [3.05, 3.63) is 176 Å². The van der Waals surface area contributed by atoms with Crippen molar-refractivity contribution in [2.75, 3.05) is 0 Å². The van der Waals surface area contributed by atoms with E-state index in [2.05, 4.69) is 158 Å². The van der Waals surface area contributed by atoms with E-state index < -0.39 is 0 Å². The predicted molar refractivity (Wildman–Crippen MR) is 240 cm³/mol. The number of hydrogen-bond acceptors (Lipinski definition) is 5. The summed E-state index contributed by atoms with van der Waals surface area (Å²) in [5, 5.41) is 12.5. The minimum absolute atomic E-state index is 0.656. The molecule has 0 unspecified atom stereocenters. The molecule has 0 saturated carbocycles. The summed E-state index contributed by atoms with van der Waals surface area (Å²) in [5.41, 5.74) is 5.27. The molecule has 3 aromatic heterocycles. The second-order valence-corrected chi connectivity index (χ2v) is 16.5. The van der Waals surface area contributed by atoms with Crippen LogP contribution < -0.4 is 0 Å². The SMILES string of the molecule is c1ccc(-c2nc(-c3cc(-c4ccc5c6ccccc6c6ccccc6c5c4)c4c(c3)sc3ccccc34)nc(-c3cccc4sc5ccccc5c34)n2)cc1. The van der Waals surface area contributed by atoms with Gasteiger partial charge in [0.15, 0.2) is 17.5 Å². The number of fused-ring (bicyclic) bond motifs is 12. The van der Waals surface area contributed by atoms with Gasteiger partial charge in [-0.1, -0.05) is 140 Å². The molecular weight excluding hydrogens is 719 g/mol. The van der Waals surface area contributed by atoms with E-state index in [1.807, 2.05) is 29.5 Å². The number of aromatic nitrogens is 3. The standard InChI is InChI=1S/C51H29N3S2/c1-2-13-30(14-3-1)49-52-50(54-51(53-49)40-21-12-24-45-47(40)38-19-8-10-22-43(38)55-45)32-28-41(48-39-20-9-11-23-44(39)56-46(48)29-32)31-25-26-37-35-17-5-4-15-33(35)34-16-6-7-18-36(34)42(37)27-31/h1-29H. The van der Waals surface area contributed by atoms with Crippen molar-refractivity contribution in [3.63, 3.8) is 0 Å². The van der Waals surface area contributed by atoms with Crippen LogP contribution >= 0.6 is 22.7 Å². The Morgan fingerprint density at radius 1 is 0.268 bits per heavy atom. The number of benzene rings is 9. The molecule has 0 spiro atoms. The molecule has 0 atom stereocenters. The van der Waals surface area contributed by atoms with Crippen LogP contribution in [-0.2, 0) is 0 Å². The van der Waals surface area contributed by atoms with E-state index in [0.29, 0.717) is 17.5 Å². The van der Waals surface area contributed by atoms with Gasteiger partial charge in [-0.2, -0.15) is 0 Å². The van der Waals surface area contributed by atoms with Crippen LogP contribution in [0, 0.1) is 0 Å². The third-order valence-corrected chi connectivity index (χ3v) is 13.4. The molecule has 12 aromatic rings. The van der Waals surface area contributed by atoms with Gasteiger partial charge in [0.1, 0.15) is 0 Å². The summed E-state index contributed by atoms with van der Waals surface area (Å²) in [7, 11) is 0. The second kappa shape index (κ2) is 12.4. The van der Waals surface area contributed by atoms with E-state index in [9.17, 15) is 0 Å². The van der Waals surface area contributed by atoms with Crippen molar-refractivity contribution in [2.24, 2.45) is 0 Å². The van der Waals surface area contributed by atoms with Gasteiger partial charge in [0, 0.05) is 57.0 Å². The highest BCUT2D eigenvalue weighted by atomic mass is 32.1. The van der Waals surface area contributed by atoms with Crippen LogP contribution in [0.5, 0.6) is 0 Å². The summed E-state index contributed by atoms with van der Waals surface area (Å²) < 4.78 is 4.94. The Bertz CT molecular complexity index is 3510. The van der Waals surface area contributed by atoms with Gasteiger partial charge in [0.05, 0.1) is 0 Å². The molecule has 3 nitrogen and oxygen atoms in total. The van der Waals surface area contributed by atoms with Crippen molar-refractivity contribution < 1.29 is 0 Å². The zero-order chi connectivity index (χ0) is 36.7. The van der Waals surface area contributed by atoms with Gasteiger partial charge in [0.25, 0.3) is 0 Å². The summed E-state index contributed by atoms with van der Waals surface area (Å²) in [6.45, 7) is 0. The quantitative estimate of drug-likeness (QED) is 0.168. The minimum Gasteiger partial charge on any atom is -0.208 e. The van der Waals surface area contributed by atoms with E-state index >= 15 is 0 Å². The lowest BCUT2D eigenvalue weighted by atomic mass is 9.90. The number of nitrogens with zero attached hydrogens (tertiary/aromatic N) is 3. The lowest BCUT2D eigenvalue weighted by Gasteiger charge is -2.14. The average Bonchev–Trinajstić information content (AvgIpc) is 3.85. The van der Waals surface area contributed by atoms with Crippen LogP contribution in [0.1, 0.15) is 0 Å². The fourth-order valence-electron chi connectivity index (χ4n) is 8.59. The maximum absolute atomic E-state index is 5.34. The summed E-state index contributed by atoms with van der Waals surface area (Å²) in [6.07, 6.45) is 0. The molecule has 0 aliphatic rings. The maximum Gasteiger partial charge on any atom is 0.164 e. The lowest BCUT2D eigenvalue weighted by Crippen LogP contribution is -2.00. The molecule has 3 heterocycles. The summed E-state index contributed by atoms with van der Waals surface area (Å²) in [4.78, 5) is 15.8. The number of hydrogen-bond donors (Lipinski definition) is 0. The third-order valence-electron chi connectivity index (χ3n) is 11.1. The lowest BCUT2D eigenvalue weighted by molar-refractivity contribution is 1.08. The van der Waals surface area contributed by atoms with E-state index in [4.69, 9.17) is 15.0 Å². The second-order valence-electron chi connectivity index (χ2n) is 14.3. The predicted octanol–water partition coefficient (Wildman–Crippen LogP) is 14.7. The van der Waals surface area contributed by atoms with Gasteiger partial charge in [-0.3, -0.25) is 0 Å². The van der Waals surface area contributed by atoms with E-state index in [-0.39, 0.29) is 0 Å². The molecule has 0 N–H and O–H groups in total. The smallest absolute Gasteiger partial charge is 0.164 e. The molecule has 5 heteroatoms. The Morgan fingerprint density at radius 3 is 1.45 bits per heavy atom. The molecule has 260 valence electrons. The van der Waals surface area contributed by atoms with Crippen LogP contribution in [0.2, 0.25) is 0 Å². The Morgan fingerprint density at radius 2 is 0.768 bits per heavy atom. The summed E-state index contributed by atoms with van der Waals surface area (Å²) >= 11 is 3.63. The molecule has 12 rings (SSSR count). The molecule has 0 bridgehead atoms. The monoisotopic (exact) mass is 747 g/mol. The van der Waals surface area contributed by atoms with Gasteiger partial charge < -0.3 is 0 Å². The molecule has 9 aromatic carbocycles. The summed E-state index contributed by atoms with van der Waals surface area (Å²) in [6, 6.07) is 63.2. The van der Waals surface area contributed by atoms with Crippen LogP contribution in [0.3, 0.4) is 0 Å². The highest BCUT2D eigenvalue weighted by molar-refractivity contribution is 7.26. The van der Waals surface area contributed by atoms with Gasteiger partial charge in [-0.25, -0.2) is 15.0 Å². The van der Waals surface area contributed by atoms with Crippen molar-refractivity contribution in [3.8, 4) is 45.3 Å². The first kappa shape index (κ1) is 31.5. The molecular formula is C51H29N3S2. The first-order valence-electron chi connectivity index (χ1n) is 18.8. The molecule has 0 saturated heterocycles. The molecule has 0 amide bonds. The van der Waals surface area contributed by atoms with Crippen LogP contribution in [-0.4, -0.2) is 15.0 Å². The van der Waals surface area contributed by atoms with Crippen LogP contribution in [0.4, 0.5) is 0 Å². The fourth-order valence-corrected chi connectivity index (χ4v) is 10.9. The third kappa shape index (κ3) is 4.85. The zero-order valence-corrected chi connectivity index (χ0v) is 31.5. The molecule has 0 aliphatic carbocycles.